The average molecular weight is 340 g/mol. The Hall–Kier alpha value is -2.66. The van der Waals surface area contributed by atoms with Gasteiger partial charge in [-0.05, 0) is 30.3 Å². The first-order valence-corrected chi connectivity index (χ1v) is 8.19. The molecule has 0 fully saturated rings. The quantitative estimate of drug-likeness (QED) is 0.624. The number of aldehydes is 1. The van der Waals surface area contributed by atoms with Crippen LogP contribution in [0.25, 0.3) is 0 Å². The predicted molar refractivity (Wildman–Crippen MR) is 97.3 cm³/mol. The zero-order valence-electron chi connectivity index (χ0n) is 14.7. The van der Waals surface area contributed by atoms with Gasteiger partial charge in [0.15, 0.2) is 0 Å². The molecule has 2 rings (SSSR count). The lowest BCUT2D eigenvalue weighted by molar-refractivity contribution is -0.122. The van der Waals surface area contributed by atoms with Gasteiger partial charge in [-0.3, -0.25) is 9.69 Å². The maximum Gasteiger partial charge on any atom is 0.210 e. The van der Waals surface area contributed by atoms with Crippen molar-refractivity contribution in [1.29, 1.82) is 0 Å². The summed E-state index contributed by atoms with van der Waals surface area (Å²) < 4.78 is 5.28. The van der Waals surface area contributed by atoms with Crippen LogP contribution in [0.1, 0.15) is 17.2 Å². The zero-order chi connectivity index (χ0) is 18.1. The van der Waals surface area contributed by atoms with E-state index in [2.05, 4.69) is 4.90 Å². The fraction of sp³-hybridized carbons (Fsp3) is 0.300. The van der Waals surface area contributed by atoms with Crippen LogP contribution < -0.4 is 4.74 Å². The summed E-state index contributed by atoms with van der Waals surface area (Å²) in [5.74, 6) is 0.817. The number of carbonyl (C=O) groups is 2. The lowest BCUT2D eigenvalue weighted by atomic mass is 10.0. The molecule has 0 radical (unpaired) electrons. The van der Waals surface area contributed by atoms with Crippen LogP contribution in [0.5, 0.6) is 5.75 Å². The number of hydrogen-bond donors (Lipinski definition) is 0. The van der Waals surface area contributed by atoms with Gasteiger partial charge in [-0.15, -0.1) is 0 Å². The van der Waals surface area contributed by atoms with Crippen LogP contribution in [-0.4, -0.2) is 49.7 Å². The third kappa shape index (κ3) is 5.43. The van der Waals surface area contributed by atoms with Gasteiger partial charge in [0.2, 0.25) is 6.41 Å². The number of ether oxygens (including phenoxy) is 1. The van der Waals surface area contributed by atoms with Gasteiger partial charge in [0.1, 0.15) is 12.0 Å². The Morgan fingerprint density at radius 1 is 1.08 bits per heavy atom. The minimum absolute atomic E-state index is 0.0162. The third-order valence-electron chi connectivity index (χ3n) is 4.15. The number of benzene rings is 2. The fourth-order valence-corrected chi connectivity index (χ4v) is 2.82. The number of methoxy groups -OCH3 is 1. The first-order valence-electron chi connectivity index (χ1n) is 8.19. The Morgan fingerprint density at radius 2 is 1.84 bits per heavy atom. The molecule has 0 aliphatic heterocycles. The average Bonchev–Trinajstić information content (AvgIpc) is 2.65. The van der Waals surface area contributed by atoms with Gasteiger partial charge >= 0.3 is 0 Å². The number of hydrogen-bond acceptors (Lipinski definition) is 4. The second kappa shape index (κ2) is 9.59. The lowest BCUT2D eigenvalue weighted by Crippen LogP contribution is -2.36. The Bertz CT molecular complexity index is 676. The molecular formula is C20H24N2O3. The highest BCUT2D eigenvalue weighted by atomic mass is 16.5. The Balaban J connectivity index is 2.20. The monoisotopic (exact) mass is 340 g/mol. The molecule has 5 heteroatoms. The normalized spacial score (nSPS) is 11.8. The molecule has 0 saturated heterocycles. The van der Waals surface area contributed by atoms with Crippen molar-refractivity contribution in [3.8, 4) is 5.75 Å². The van der Waals surface area contributed by atoms with E-state index in [1.165, 1.54) is 4.90 Å². The molecule has 0 aliphatic carbocycles. The lowest BCUT2D eigenvalue weighted by Gasteiger charge is -2.31. The number of carbonyl (C=O) groups excluding carboxylic acids is 2. The molecule has 0 spiro atoms. The van der Waals surface area contributed by atoms with Crippen molar-refractivity contribution in [2.75, 3.05) is 27.2 Å². The summed E-state index contributed by atoms with van der Waals surface area (Å²) in [6.07, 6.45) is 1.47. The van der Waals surface area contributed by atoms with Crippen LogP contribution in [0.4, 0.5) is 0 Å². The zero-order valence-corrected chi connectivity index (χ0v) is 14.7. The number of amides is 1. The fourth-order valence-electron chi connectivity index (χ4n) is 2.82. The standard InChI is InChI=1S/C20H24N2O3/c1-21(14-17-7-6-10-19(13-17)25-2)20(15-22(16-24)11-12-23)18-8-4-3-5-9-18/h3-10,12-13,16,20H,11,14-15H2,1-2H3/t20-/m1/s1. The summed E-state index contributed by atoms with van der Waals surface area (Å²) in [5.41, 5.74) is 2.22. The van der Waals surface area contributed by atoms with Gasteiger partial charge in [-0.25, -0.2) is 0 Å². The van der Waals surface area contributed by atoms with Crippen molar-refractivity contribution >= 4 is 12.7 Å². The van der Waals surface area contributed by atoms with E-state index in [9.17, 15) is 9.59 Å². The molecule has 0 aliphatic rings. The SMILES string of the molecule is COc1cccc(CN(C)[C@H](CN(C=O)CC=O)c2ccccc2)c1. The van der Waals surface area contributed by atoms with E-state index in [-0.39, 0.29) is 12.6 Å². The Labute approximate surface area is 148 Å². The highest BCUT2D eigenvalue weighted by Crippen LogP contribution is 2.23. The molecule has 132 valence electrons. The van der Waals surface area contributed by atoms with Crippen LogP contribution in [0.15, 0.2) is 54.6 Å². The van der Waals surface area contributed by atoms with Gasteiger partial charge in [-0.1, -0.05) is 42.5 Å². The van der Waals surface area contributed by atoms with Crippen LogP contribution >= 0.6 is 0 Å². The van der Waals surface area contributed by atoms with Crippen molar-refractivity contribution in [2.45, 2.75) is 12.6 Å². The molecule has 0 unspecified atom stereocenters. The molecule has 1 atom stereocenters. The van der Waals surface area contributed by atoms with Crippen LogP contribution in [0.2, 0.25) is 0 Å². The summed E-state index contributed by atoms with van der Waals surface area (Å²) in [5, 5.41) is 0. The molecule has 5 nitrogen and oxygen atoms in total. The number of likely N-dealkylation sites (N-methyl/N-ethyl adjacent to an activating group) is 1. The van der Waals surface area contributed by atoms with E-state index >= 15 is 0 Å². The second-order valence-electron chi connectivity index (χ2n) is 5.92. The van der Waals surface area contributed by atoms with E-state index in [0.717, 1.165) is 29.6 Å². The number of rotatable bonds is 10. The van der Waals surface area contributed by atoms with E-state index in [1.807, 2.05) is 61.6 Å². The largest absolute Gasteiger partial charge is 0.497 e. The second-order valence-corrected chi connectivity index (χ2v) is 5.92. The summed E-state index contributed by atoms with van der Waals surface area (Å²) in [6.45, 7) is 1.25. The van der Waals surface area contributed by atoms with Crippen molar-refractivity contribution in [2.24, 2.45) is 0 Å². The molecule has 0 bridgehead atoms. The smallest absolute Gasteiger partial charge is 0.210 e. The predicted octanol–water partition coefficient (Wildman–Crippen LogP) is 2.53. The first-order chi connectivity index (χ1) is 12.2. The van der Waals surface area contributed by atoms with Crippen LogP contribution in [0.3, 0.4) is 0 Å². The Kier molecular flexibility index (Phi) is 7.16. The van der Waals surface area contributed by atoms with Crippen molar-refractivity contribution in [1.82, 2.24) is 9.80 Å². The highest BCUT2D eigenvalue weighted by molar-refractivity contribution is 5.59. The number of nitrogens with zero attached hydrogens (tertiary/aromatic N) is 2. The summed E-state index contributed by atoms with van der Waals surface area (Å²) in [6, 6.07) is 17.9. The van der Waals surface area contributed by atoms with E-state index in [0.29, 0.717) is 13.1 Å². The molecule has 0 N–H and O–H groups in total. The minimum Gasteiger partial charge on any atom is -0.497 e. The Morgan fingerprint density at radius 3 is 2.48 bits per heavy atom. The molecule has 0 heterocycles. The van der Waals surface area contributed by atoms with E-state index in [1.54, 1.807) is 7.11 Å². The maximum absolute atomic E-state index is 11.3. The van der Waals surface area contributed by atoms with Gasteiger partial charge in [0.05, 0.1) is 19.7 Å². The van der Waals surface area contributed by atoms with E-state index < -0.39 is 0 Å². The van der Waals surface area contributed by atoms with Gasteiger partial charge < -0.3 is 14.4 Å². The summed E-state index contributed by atoms with van der Waals surface area (Å²) >= 11 is 0. The van der Waals surface area contributed by atoms with Crippen molar-refractivity contribution < 1.29 is 14.3 Å². The van der Waals surface area contributed by atoms with Gasteiger partial charge in [-0.2, -0.15) is 0 Å². The van der Waals surface area contributed by atoms with Crippen molar-refractivity contribution in [3.63, 3.8) is 0 Å². The summed E-state index contributed by atoms with van der Waals surface area (Å²) in [7, 11) is 3.66. The molecule has 2 aromatic carbocycles. The van der Waals surface area contributed by atoms with Gasteiger partial charge in [0.25, 0.3) is 0 Å². The molecular weight excluding hydrogens is 316 g/mol. The third-order valence-corrected chi connectivity index (χ3v) is 4.15. The first kappa shape index (κ1) is 18.7. The van der Waals surface area contributed by atoms with Crippen LogP contribution in [0, 0.1) is 0 Å². The minimum atomic E-state index is -0.0162. The summed E-state index contributed by atoms with van der Waals surface area (Å²) in [4.78, 5) is 25.7. The van der Waals surface area contributed by atoms with Crippen LogP contribution in [-0.2, 0) is 16.1 Å². The topological polar surface area (TPSA) is 49.9 Å². The molecule has 1 amide bonds. The molecule has 0 aromatic heterocycles. The maximum atomic E-state index is 11.3. The van der Waals surface area contributed by atoms with Gasteiger partial charge in [0, 0.05) is 13.1 Å². The highest BCUT2D eigenvalue weighted by Gasteiger charge is 2.20. The molecule has 2 aromatic rings. The van der Waals surface area contributed by atoms with Crippen molar-refractivity contribution in [3.05, 3.63) is 65.7 Å². The molecule has 0 saturated carbocycles. The molecule has 25 heavy (non-hydrogen) atoms. The van der Waals surface area contributed by atoms with E-state index in [4.69, 9.17) is 4.74 Å².